The van der Waals surface area contributed by atoms with E-state index in [1.165, 1.54) is 0 Å². The molecule has 1 atom stereocenters. The predicted octanol–water partition coefficient (Wildman–Crippen LogP) is 3.46. The first-order chi connectivity index (χ1) is 6.30. The van der Waals surface area contributed by atoms with Gasteiger partial charge < -0.3 is 5.73 Å². The molecule has 0 fully saturated rings. The summed E-state index contributed by atoms with van der Waals surface area (Å²) < 4.78 is 37.1. The molecule has 0 saturated heterocycles. The van der Waals surface area contributed by atoms with Crippen molar-refractivity contribution < 1.29 is 13.2 Å². The lowest BCUT2D eigenvalue weighted by atomic mass is 10.0. The van der Waals surface area contributed by atoms with Crippen molar-refractivity contribution in [1.82, 2.24) is 0 Å². The van der Waals surface area contributed by atoms with Gasteiger partial charge in [0.25, 0.3) is 0 Å². The van der Waals surface area contributed by atoms with Crippen LogP contribution in [0.25, 0.3) is 0 Å². The van der Waals surface area contributed by atoms with E-state index in [2.05, 4.69) is 0 Å². The maximum absolute atomic E-state index is 12.4. The zero-order chi connectivity index (χ0) is 10.9. The van der Waals surface area contributed by atoms with Gasteiger partial charge >= 0.3 is 6.18 Å². The standard InChI is InChI=1S/C10H12F3N.ClH/c1-6-3-8(7(2)14)5-9(4-6)10(11,12)13;/h3-5,7H,14H2,1-2H3;1H. The number of rotatable bonds is 1. The highest BCUT2D eigenvalue weighted by Gasteiger charge is 2.30. The summed E-state index contributed by atoms with van der Waals surface area (Å²) in [6.07, 6.45) is -4.30. The summed E-state index contributed by atoms with van der Waals surface area (Å²) in [6.45, 7) is 3.29. The van der Waals surface area contributed by atoms with Gasteiger partial charge in [-0.2, -0.15) is 13.2 Å². The molecule has 0 amide bonds. The topological polar surface area (TPSA) is 26.0 Å². The largest absolute Gasteiger partial charge is 0.416 e. The minimum absolute atomic E-state index is 0. The zero-order valence-corrected chi connectivity index (χ0v) is 9.25. The van der Waals surface area contributed by atoms with Crippen LogP contribution in [0.2, 0.25) is 0 Å². The molecule has 2 N–H and O–H groups in total. The second kappa shape index (κ2) is 4.86. The number of alkyl halides is 3. The molecule has 0 aliphatic rings. The van der Waals surface area contributed by atoms with Crippen molar-refractivity contribution in [1.29, 1.82) is 0 Å². The zero-order valence-electron chi connectivity index (χ0n) is 8.43. The molecule has 1 rings (SSSR count). The number of hydrogen-bond donors (Lipinski definition) is 1. The first-order valence-electron chi connectivity index (χ1n) is 4.25. The third-order valence-electron chi connectivity index (χ3n) is 1.95. The summed E-state index contributed by atoms with van der Waals surface area (Å²) in [4.78, 5) is 0. The predicted molar refractivity (Wildman–Crippen MR) is 56.0 cm³/mol. The molecule has 5 heteroatoms. The molecule has 0 bridgehead atoms. The Bertz CT molecular complexity index is 334. The van der Waals surface area contributed by atoms with Crippen LogP contribution in [0, 0.1) is 6.92 Å². The van der Waals surface area contributed by atoms with Crippen molar-refractivity contribution >= 4 is 12.4 Å². The van der Waals surface area contributed by atoms with Crippen LogP contribution in [0.5, 0.6) is 0 Å². The Balaban J connectivity index is 0.00000196. The Labute approximate surface area is 92.9 Å². The van der Waals surface area contributed by atoms with E-state index in [9.17, 15) is 13.2 Å². The summed E-state index contributed by atoms with van der Waals surface area (Å²) in [7, 11) is 0. The van der Waals surface area contributed by atoms with Gasteiger partial charge in [-0.25, -0.2) is 0 Å². The van der Waals surface area contributed by atoms with E-state index in [-0.39, 0.29) is 18.4 Å². The van der Waals surface area contributed by atoms with E-state index in [0.29, 0.717) is 11.1 Å². The van der Waals surface area contributed by atoms with Crippen molar-refractivity contribution in [3.8, 4) is 0 Å². The molecule has 0 aromatic heterocycles. The highest BCUT2D eigenvalue weighted by atomic mass is 35.5. The van der Waals surface area contributed by atoms with Crippen molar-refractivity contribution in [2.45, 2.75) is 26.1 Å². The van der Waals surface area contributed by atoms with Gasteiger partial charge in [-0.15, -0.1) is 12.4 Å². The van der Waals surface area contributed by atoms with E-state index in [0.717, 1.165) is 12.1 Å². The van der Waals surface area contributed by atoms with Gasteiger partial charge in [0, 0.05) is 6.04 Å². The Morgan fingerprint density at radius 1 is 1.20 bits per heavy atom. The number of nitrogens with two attached hydrogens (primary N) is 1. The smallest absolute Gasteiger partial charge is 0.324 e. The molecule has 0 radical (unpaired) electrons. The fourth-order valence-corrected chi connectivity index (χ4v) is 1.24. The van der Waals surface area contributed by atoms with Crippen LogP contribution in [0.3, 0.4) is 0 Å². The maximum Gasteiger partial charge on any atom is 0.416 e. The van der Waals surface area contributed by atoms with Gasteiger partial charge in [0.2, 0.25) is 0 Å². The molecule has 86 valence electrons. The van der Waals surface area contributed by atoms with Crippen LogP contribution in [-0.2, 0) is 6.18 Å². The Hall–Kier alpha value is -0.740. The van der Waals surface area contributed by atoms with Gasteiger partial charge in [-0.05, 0) is 31.5 Å². The van der Waals surface area contributed by atoms with Crippen molar-refractivity contribution in [2.24, 2.45) is 5.73 Å². The molecular weight excluding hydrogens is 227 g/mol. The number of hydrogen-bond acceptors (Lipinski definition) is 1. The summed E-state index contributed by atoms with van der Waals surface area (Å²) >= 11 is 0. The monoisotopic (exact) mass is 239 g/mol. The second-order valence-electron chi connectivity index (χ2n) is 3.42. The minimum atomic E-state index is -4.30. The van der Waals surface area contributed by atoms with Gasteiger partial charge in [0.05, 0.1) is 5.56 Å². The molecule has 1 aromatic rings. The van der Waals surface area contributed by atoms with E-state index in [1.807, 2.05) is 0 Å². The van der Waals surface area contributed by atoms with Gasteiger partial charge in [-0.1, -0.05) is 11.6 Å². The quantitative estimate of drug-likeness (QED) is 0.798. The lowest BCUT2D eigenvalue weighted by Crippen LogP contribution is -2.10. The van der Waals surface area contributed by atoms with Crippen LogP contribution < -0.4 is 5.73 Å². The fourth-order valence-electron chi connectivity index (χ4n) is 1.24. The number of halogens is 4. The van der Waals surface area contributed by atoms with Crippen LogP contribution >= 0.6 is 12.4 Å². The second-order valence-corrected chi connectivity index (χ2v) is 3.42. The molecule has 1 nitrogen and oxygen atoms in total. The van der Waals surface area contributed by atoms with Gasteiger partial charge in [0.15, 0.2) is 0 Å². The van der Waals surface area contributed by atoms with Crippen LogP contribution in [-0.4, -0.2) is 0 Å². The van der Waals surface area contributed by atoms with Crippen molar-refractivity contribution in [2.75, 3.05) is 0 Å². The number of aryl methyl sites for hydroxylation is 1. The van der Waals surface area contributed by atoms with Crippen LogP contribution in [0.4, 0.5) is 13.2 Å². The first kappa shape index (κ1) is 14.3. The molecule has 0 spiro atoms. The molecule has 1 aromatic carbocycles. The molecule has 1 unspecified atom stereocenters. The molecule has 15 heavy (non-hydrogen) atoms. The summed E-state index contributed by atoms with van der Waals surface area (Å²) in [5, 5.41) is 0. The molecule has 0 saturated carbocycles. The average molecular weight is 240 g/mol. The van der Waals surface area contributed by atoms with Crippen molar-refractivity contribution in [3.05, 3.63) is 34.9 Å². The highest BCUT2D eigenvalue weighted by molar-refractivity contribution is 5.85. The normalized spacial score (nSPS) is 13.2. The maximum atomic E-state index is 12.4. The Morgan fingerprint density at radius 3 is 2.13 bits per heavy atom. The number of benzene rings is 1. The van der Waals surface area contributed by atoms with E-state index in [1.54, 1.807) is 19.9 Å². The van der Waals surface area contributed by atoms with Gasteiger partial charge in [0.1, 0.15) is 0 Å². The van der Waals surface area contributed by atoms with Crippen molar-refractivity contribution in [3.63, 3.8) is 0 Å². The minimum Gasteiger partial charge on any atom is -0.324 e. The van der Waals surface area contributed by atoms with E-state index in [4.69, 9.17) is 5.73 Å². The third kappa shape index (κ3) is 3.72. The fraction of sp³-hybridized carbons (Fsp3) is 0.400. The van der Waals surface area contributed by atoms with Crippen LogP contribution in [0.1, 0.15) is 29.7 Å². The van der Waals surface area contributed by atoms with Gasteiger partial charge in [-0.3, -0.25) is 0 Å². The Kier molecular flexibility index (Phi) is 4.62. The van der Waals surface area contributed by atoms with Crippen LogP contribution in [0.15, 0.2) is 18.2 Å². The molecular formula is C10H13ClF3N. The first-order valence-corrected chi connectivity index (χ1v) is 4.25. The Morgan fingerprint density at radius 2 is 1.73 bits per heavy atom. The molecule has 0 aliphatic heterocycles. The SMILES string of the molecule is Cc1cc(C(C)N)cc(C(F)(F)F)c1.Cl. The van der Waals surface area contributed by atoms with E-state index >= 15 is 0 Å². The lowest BCUT2D eigenvalue weighted by Gasteiger charge is -2.12. The lowest BCUT2D eigenvalue weighted by molar-refractivity contribution is -0.137. The summed E-state index contributed by atoms with van der Waals surface area (Å²) in [5.74, 6) is 0. The molecule has 0 heterocycles. The van der Waals surface area contributed by atoms with E-state index < -0.39 is 11.7 Å². The highest BCUT2D eigenvalue weighted by Crippen LogP contribution is 2.31. The summed E-state index contributed by atoms with van der Waals surface area (Å²) in [6, 6.07) is 3.50. The average Bonchev–Trinajstić information content (AvgIpc) is 2.01. The molecule has 0 aliphatic carbocycles. The third-order valence-corrected chi connectivity index (χ3v) is 1.95. The summed E-state index contributed by atoms with van der Waals surface area (Å²) in [5.41, 5.74) is 5.98.